The molecule has 0 spiro atoms. The zero-order valence-electron chi connectivity index (χ0n) is 16.1. The lowest BCUT2D eigenvalue weighted by atomic mass is 10.2. The summed E-state index contributed by atoms with van der Waals surface area (Å²) in [5.74, 6) is -1.75. The van der Waals surface area contributed by atoms with E-state index in [1.807, 2.05) is 0 Å². The number of hydrogen-bond donors (Lipinski definition) is 1. The largest absolute Gasteiger partial charge is 0.452 e. The third kappa shape index (κ3) is 5.74. The molecule has 158 valence electrons. The van der Waals surface area contributed by atoms with Crippen molar-refractivity contribution in [3.05, 3.63) is 66.0 Å². The predicted octanol–water partition coefficient (Wildman–Crippen LogP) is 2.81. The molecule has 30 heavy (non-hydrogen) atoms. The number of halogens is 1. The highest BCUT2D eigenvalue weighted by Gasteiger charge is 2.26. The first-order chi connectivity index (χ1) is 14.3. The van der Waals surface area contributed by atoms with Crippen LogP contribution in [-0.2, 0) is 24.3 Å². The van der Waals surface area contributed by atoms with E-state index in [1.165, 1.54) is 52.8 Å². The van der Waals surface area contributed by atoms with Gasteiger partial charge < -0.3 is 10.1 Å². The Morgan fingerprint density at radius 2 is 1.80 bits per heavy atom. The maximum atomic E-state index is 13.1. The number of rotatable bonds is 7. The number of amides is 1. The quantitative estimate of drug-likeness (QED) is 0.537. The van der Waals surface area contributed by atoms with Crippen LogP contribution in [0.25, 0.3) is 6.08 Å². The van der Waals surface area contributed by atoms with Crippen LogP contribution in [0.5, 0.6) is 0 Å². The standard InChI is InChI=1S/C21H21FN2O5S/c22-17-5-3-4-16(14-17)6-11-21(26)29-15-20(25)23-18-7-9-19(10-8-18)30(27,28)24-12-1-2-13-24/h3-11,14H,1-2,12-13,15H2,(H,23,25)/b11-6+. The van der Waals surface area contributed by atoms with Crippen LogP contribution >= 0.6 is 0 Å². The summed E-state index contributed by atoms with van der Waals surface area (Å²) < 4.78 is 44.3. The topological polar surface area (TPSA) is 92.8 Å². The molecule has 9 heteroatoms. The highest BCUT2D eigenvalue weighted by atomic mass is 32.2. The third-order valence-corrected chi connectivity index (χ3v) is 6.36. The summed E-state index contributed by atoms with van der Waals surface area (Å²) in [6.07, 6.45) is 4.18. The first kappa shape index (κ1) is 21.7. The van der Waals surface area contributed by atoms with Gasteiger partial charge in [-0.1, -0.05) is 12.1 Å². The lowest BCUT2D eigenvalue weighted by Crippen LogP contribution is -2.27. The van der Waals surface area contributed by atoms with Crippen molar-refractivity contribution in [2.45, 2.75) is 17.7 Å². The number of nitrogens with zero attached hydrogens (tertiary/aromatic N) is 1. The van der Waals surface area contributed by atoms with Crippen LogP contribution in [-0.4, -0.2) is 44.3 Å². The van der Waals surface area contributed by atoms with Crippen LogP contribution in [0, 0.1) is 5.82 Å². The average molecular weight is 432 g/mol. The monoisotopic (exact) mass is 432 g/mol. The molecule has 1 N–H and O–H groups in total. The fraction of sp³-hybridized carbons (Fsp3) is 0.238. The van der Waals surface area contributed by atoms with E-state index in [1.54, 1.807) is 6.07 Å². The number of benzene rings is 2. The number of hydrogen-bond acceptors (Lipinski definition) is 5. The normalized spacial score (nSPS) is 14.7. The molecule has 1 aliphatic rings. The van der Waals surface area contributed by atoms with Crippen LogP contribution in [0.4, 0.5) is 10.1 Å². The van der Waals surface area contributed by atoms with Crippen LogP contribution < -0.4 is 5.32 Å². The molecule has 0 atom stereocenters. The fourth-order valence-electron chi connectivity index (χ4n) is 2.94. The average Bonchev–Trinajstić information content (AvgIpc) is 3.27. The molecule has 7 nitrogen and oxygen atoms in total. The lowest BCUT2D eigenvalue weighted by molar-refractivity contribution is -0.142. The van der Waals surface area contributed by atoms with Gasteiger partial charge in [0, 0.05) is 24.9 Å². The molecule has 2 aromatic rings. The van der Waals surface area contributed by atoms with E-state index in [0.29, 0.717) is 24.3 Å². The summed E-state index contributed by atoms with van der Waals surface area (Å²) >= 11 is 0. The highest BCUT2D eigenvalue weighted by molar-refractivity contribution is 7.89. The van der Waals surface area contributed by atoms with Crippen molar-refractivity contribution in [3.8, 4) is 0 Å². The van der Waals surface area contributed by atoms with Crippen molar-refractivity contribution in [3.63, 3.8) is 0 Å². The number of carbonyl (C=O) groups is 2. The number of esters is 1. The van der Waals surface area contributed by atoms with Crippen molar-refractivity contribution in [1.82, 2.24) is 4.31 Å². The highest BCUT2D eigenvalue weighted by Crippen LogP contribution is 2.22. The fourth-order valence-corrected chi connectivity index (χ4v) is 4.46. The summed E-state index contributed by atoms with van der Waals surface area (Å²) in [5, 5.41) is 2.53. The van der Waals surface area contributed by atoms with E-state index in [2.05, 4.69) is 5.32 Å². The summed E-state index contributed by atoms with van der Waals surface area (Å²) in [7, 11) is -3.52. The van der Waals surface area contributed by atoms with Crippen molar-refractivity contribution < 1.29 is 27.1 Å². The Balaban J connectivity index is 1.49. The first-order valence-corrected chi connectivity index (χ1v) is 10.8. The molecule has 0 unspecified atom stereocenters. The molecular weight excluding hydrogens is 411 g/mol. The van der Waals surface area contributed by atoms with Crippen LogP contribution in [0.2, 0.25) is 0 Å². The maximum Gasteiger partial charge on any atom is 0.331 e. The molecule has 1 saturated heterocycles. The maximum absolute atomic E-state index is 13.1. The van der Waals surface area contributed by atoms with Crippen molar-refractivity contribution in [2.24, 2.45) is 0 Å². The predicted molar refractivity (Wildman–Crippen MR) is 109 cm³/mol. The van der Waals surface area contributed by atoms with Gasteiger partial charge in [0.05, 0.1) is 4.90 Å². The van der Waals surface area contributed by atoms with Gasteiger partial charge in [-0.2, -0.15) is 4.31 Å². The van der Waals surface area contributed by atoms with Gasteiger partial charge in [0.1, 0.15) is 5.82 Å². The SMILES string of the molecule is O=C(COC(=O)/C=C/c1cccc(F)c1)Nc1ccc(S(=O)(=O)N2CCCC2)cc1. The number of ether oxygens (including phenoxy) is 1. The van der Waals surface area contributed by atoms with Gasteiger partial charge in [-0.25, -0.2) is 17.6 Å². The molecule has 1 amide bonds. The minimum absolute atomic E-state index is 0.163. The second-order valence-electron chi connectivity index (χ2n) is 6.68. The third-order valence-electron chi connectivity index (χ3n) is 4.45. The Morgan fingerprint density at radius 3 is 2.47 bits per heavy atom. The molecule has 0 bridgehead atoms. The number of anilines is 1. The smallest absolute Gasteiger partial charge is 0.331 e. The van der Waals surface area contributed by atoms with Gasteiger partial charge in [0.15, 0.2) is 6.61 Å². The van der Waals surface area contributed by atoms with E-state index in [-0.39, 0.29) is 4.90 Å². The van der Waals surface area contributed by atoms with Gasteiger partial charge >= 0.3 is 5.97 Å². The molecule has 0 aromatic heterocycles. The lowest BCUT2D eigenvalue weighted by Gasteiger charge is -2.15. The Labute approximate surface area is 174 Å². The van der Waals surface area contributed by atoms with E-state index < -0.39 is 34.3 Å². The van der Waals surface area contributed by atoms with Crippen LogP contribution in [0.3, 0.4) is 0 Å². The second kappa shape index (κ2) is 9.64. The number of carbonyl (C=O) groups excluding carboxylic acids is 2. The molecule has 0 saturated carbocycles. The second-order valence-corrected chi connectivity index (χ2v) is 8.62. The van der Waals surface area contributed by atoms with Crippen molar-refractivity contribution >= 4 is 33.7 Å². The van der Waals surface area contributed by atoms with Gasteiger partial charge in [0.25, 0.3) is 5.91 Å². The minimum Gasteiger partial charge on any atom is -0.452 e. The molecular formula is C21H21FN2O5S. The van der Waals surface area contributed by atoms with Gasteiger partial charge in [-0.15, -0.1) is 0 Å². The molecule has 3 rings (SSSR count). The van der Waals surface area contributed by atoms with Gasteiger partial charge in [0.2, 0.25) is 10.0 Å². The van der Waals surface area contributed by atoms with Crippen LogP contribution in [0.1, 0.15) is 18.4 Å². The number of sulfonamides is 1. The molecule has 0 radical (unpaired) electrons. The van der Waals surface area contributed by atoms with E-state index in [4.69, 9.17) is 4.74 Å². The summed E-state index contributed by atoms with van der Waals surface area (Å²) in [4.78, 5) is 23.8. The Morgan fingerprint density at radius 1 is 1.10 bits per heavy atom. The van der Waals surface area contributed by atoms with Crippen LogP contribution in [0.15, 0.2) is 59.5 Å². The zero-order chi connectivity index (χ0) is 21.6. The Bertz CT molecular complexity index is 1050. The van der Waals surface area contributed by atoms with E-state index >= 15 is 0 Å². The molecule has 1 fully saturated rings. The Kier molecular flexibility index (Phi) is 6.96. The number of nitrogens with one attached hydrogen (secondary N) is 1. The van der Waals surface area contributed by atoms with Crippen molar-refractivity contribution in [2.75, 3.05) is 25.0 Å². The molecule has 2 aromatic carbocycles. The first-order valence-electron chi connectivity index (χ1n) is 9.35. The summed E-state index contributed by atoms with van der Waals surface area (Å²) in [5.41, 5.74) is 0.868. The molecule has 0 aliphatic carbocycles. The molecule has 1 aliphatic heterocycles. The summed E-state index contributed by atoms with van der Waals surface area (Å²) in [6.45, 7) is 0.514. The molecule has 1 heterocycles. The zero-order valence-corrected chi connectivity index (χ0v) is 16.9. The van der Waals surface area contributed by atoms with E-state index in [9.17, 15) is 22.4 Å². The van der Waals surface area contributed by atoms with Gasteiger partial charge in [-0.3, -0.25) is 4.79 Å². The van der Waals surface area contributed by atoms with Gasteiger partial charge in [-0.05, 0) is 60.9 Å². The minimum atomic E-state index is -3.52. The Hall–Kier alpha value is -3.04. The summed E-state index contributed by atoms with van der Waals surface area (Å²) in [6, 6.07) is 11.5. The van der Waals surface area contributed by atoms with Crippen molar-refractivity contribution in [1.29, 1.82) is 0 Å². The van der Waals surface area contributed by atoms with E-state index in [0.717, 1.165) is 18.9 Å².